The second kappa shape index (κ2) is 9.18. The van der Waals surface area contributed by atoms with Crippen LogP contribution < -0.4 is 0 Å². The van der Waals surface area contributed by atoms with Gasteiger partial charge < -0.3 is 0 Å². The minimum absolute atomic E-state index is 0.0753. The van der Waals surface area contributed by atoms with Crippen LogP contribution in [0.5, 0.6) is 0 Å². The van der Waals surface area contributed by atoms with E-state index in [1.165, 1.54) is 23.0 Å². The molecule has 1 atom stereocenters. The molecule has 184 valence electrons. The highest BCUT2D eigenvalue weighted by molar-refractivity contribution is 7.89. The number of benzene rings is 2. The fraction of sp³-hybridized carbons (Fsp3) is 0.360. The van der Waals surface area contributed by atoms with Gasteiger partial charge in [0.05, 0.1) is 23.6 Å². The second-order valence-electron chi connectivity index (χ2n) is 9.06. The first-order valence-corrected chi connectivity index (χ1v) is 13.2. The minimum atomic E-state index is -3.64. The predicted molar refractivity (Wildman–Crippen MR) is 132 cm³/mol. The van der Waals surface area contributed by atoms with Gasteiger partial charge in [-0.1, -0.05) is 6.92 Å². The van der Waals surface area contributed by atoms with E-state index in [-0.39, 0.29) is 16.8 Å². The Morgan fingerprint density at radius 3 is 2.54 bits per heavy atom. The molecule has 5 rings (SSSR count). The lowest BCUT2D eigenvalue weighted by Crippen LogP contribution is -2.50. The molecule has 0 saturated carbocycles. The summed E-state index contributed by atoms with van der Waals surface area (Å²) in [6.07, 6.45) is 5.74. The number of piperazine rings is 1. The summed E-state index contributed by atoms with van der Waals surface area (Å²) in [7, 11) is -1.92. The summed E-state index contributed by atoms with van der Waals surface area (Å²) in [5.41, 5.74) is 3.87. The van der Waals surface area contributed by atoms with E-state index in [4.69, 9.17) is 0 Å². The third-order valence-corrected chi connectivity index (χ3v) is 8.49. The van der Waals surface area contributed by atoms with E-state index < -0.39 is 10.0 Å². The van der Waals surface area contributed by atoms with Crippen LogP contribution >= 0.6 is 0 Å². The van der Waals surface area contributed by atoms with E-state index in [0.29, 0.717) is 19.6 Å². The van der Waals surface area contributed by atoms with E-state index in [1.54, 1.807) is 40.6 Å². The van der Waals surface area contributed by atoms with Crippen molar-refractivity contribution in [2.75, 3.05) is 26.2 Å². The van der Waals surface area contributed by atoms with Crippen molar-refractivity contribution < 1.29 is 12.8 Å². The number of hydrogen-bond donors (Lipinski definition) is 0. The Bertz CT molecular complexity index is 1460. The number of hydrogen-bond acceptors (Lipinski definition) is 5. The van der Waals surface area contributed by atoms with Crippen LogP contribution in [-0.4, -0.2) is 63.4 Å². The van der Waals surface area contributed by atoms with E-state index in [9.17, 15) is 12.8 Å². The maximum absolute atomic E-state index is 13.4. The first kappa shape index (κ1) is 23.7. The Morgan fingerprint density at radius 1 is 1.09 bits per heavy atom. The summed E-state index contributed by atoms with van der Waals surface area (Å²) < 4.78 is 45.0. The van der Waals surface area contributed by atoms with E-state index in [2.05, 4.69) is 41.1 Å². The Kier molecular flexibility index (Phi) is 6.20. The fourth-order valence-electron chi connectivity index (χ4n) is 4.89. The molecule has 0 radical (unpaired) electrons. The monoisotopic (exact) mass is 496 g/mol. The van der Waals surface area contributed by atoms with Crippen LogP contribution in [0, 0.1) is 12.7 Å². The summed E-state index contributed by atoms with van der Waals surface area (Å²) >= 11 is 0. The molecule has 2 aromatic carbocycles. The van der Waals surface area contributed by atoms with Crippen LogP contribution in [0.4, 0.5) is 4.39 Å². The number of aryl methyl sites for hydroxylation is 2. The number of fused-ring (bicyclic) bond motifs is 1. The predicted octanol–water partition coefficient (Wildman–Crippen LogP) is 3.66. The van der Waals surface area contributed by atoms with Gasteiger partial charge in [0.15, 0.2) is 0 Å². The Balaban J connectivity index is 1.52. The Labute approximate surface area is 204 Å². The smallest absolute Gasteiger partial charge is 0.246 e. The zero-order chi connectivity index (χ0) is 24.7. The second-order valence-corrected chi connectivity index (χ2v) is 11.0. The molecule has 10 heteroatoms. The molecule has 0 amide bonds. The molecule has 1 fully saturated rings. The standard InChI is InChI=1S/C25H29FN6O2S/c1-4-9-30-10-11-31(35(33,34)22-15-27-29(3)16-22)17-25(30)23-13-19-14-28-32(24(19)12-18(23)2)21-7-5-20(26)6-8-21/h5-8,12-16,25H,4,9-11,17H2,1-3H3/t25-/m0/s1. The summed E-state index contributed by atoms with van der Waals surface area (Å²) in [6, 6.07) is 10.4. The molecule has 0 aliphatic carbocycles. The van der Waals surface area contributed by atoms with Gasteiger partial charge >= 0.3 is 0 Å². The normalized spacial score (nSPS) is 17.9. The van der Waals surface area contributed by atoms with Gasteiger partial charge in [0.25, 0.3) is 0 Å². The lowest BCUT2D eigenvalue weighted by molar-refractivity contribution is 0.118. The first-order valence-electron chi connectivity index (χ1n) is 11.7. The molecule has 1 aliphatic heterocycles. The zero-order valence-electron chi connectivity index (χ0n) is 20.1. The molecule has 4 aromatic rings. The van der Waals surface area contributed by atoms with Gasteiger partial charge in [-0.05, 0) is 67.4 Å². The van der Waals surface area contributed by atoms with Crippen molar-refractivity contribution in [1.82, 2.24) is 28.8 Å². The third-order valence-electron chi connectivity index (χ3n) is 6.67. The van der Waals surface area contributed by atoms with Crippen molar-refractivity contribution in [3.63, 3.8) is 0 Å². The maximum atomic E-state index is 13.4. The molecule has 35 heavy (non-hydrogen) atoms. The van der Waals surface area contributed by atoms with Crippen molar-refractivity contribution in [3.05, 3.63) is 71.9 Å². The van der Waals surface area contributed by atoms with Gasteiger partial charge in [0.2, 0.25) is 10.0 Å². The molecular formula is C25H29FN6O2S. The minimum Gasteiger partial charge on any atom is -0.294 e. The summed E-state index contributed by atoms with van der Waals surface area (Å²) in [5.74, 6) is -0.289. The van der Waals surface area contributed by atoms with Gasteiger partial charge in [-0.3, -0.25) is 9.58 Å². The zero-order valence-corrected chi connectivity index (χ0v) is 20.9. The molecular weight excluding hydrogens is 467 g/mol. The van der Waals surface area contributed by atoms with Gasteiger partial charge in [0, 0.05) is 44.3 Å². The molecule has 0 bridgehead atoms. The van der Waals surface area contributed by atoms with Crippen molar-refractivity contribution in [1.29, 1.82) is 0 Å². The molecule has 3 heterocycles. The highest BCUT2D eigenvalue weighted by Gasteiger charge is 2.36. The Hall–Kier alpha value is -3.08. The topological polar surface area (TPSA) is 76.3 Å². The third kappa shape index (κ3) is 4.37. The summed E-state index contributed by atoms with van der Waals surface area (Å²) in [5, 5.41) is 9.55. The number of nitrogens with zero attached hydrogens (tertiary/aromatic N) is 6. The fourth-order valence-corrected chi connectivity index (χ4v) is 6.31. The Morgan fingerprint density at radius 2 is 1.86 bits per heavy atom. The number of halogens is 1. The number of sulfonamides is 1. The number of aromatic nitrogens is 4. The van der Waals surface area contributed by atoms with E-state index >= 15 is 0 Å². The van der Waals surface area contributed by atoms with Crippen molar-refractivity contribution in [3.8, 4) is 5.69 Å². The maximum Gasteiger partial charge on any atom is 0.246 e. The van der Waals surface area contributed by atoms with Gasteiger partial charge in [-0.25, -0.2) is 17.5 Å². The van der Waals surface area contributed by atoms with Crippen LogP contribution in [-0.2, 0) is 17.1 Å². The summed E-state index contributed by atoms with van der Waals surface area (Å²) in [4.78, 5) is 2.59. The van der Waals surface area contributed by atoms with E-state index in [0.717, 1.165) is 40.7 Å². The van der Waals surface area contributed by atoms with Crippen molar-refractivity contribution in [2.24, 2.45) is 7.05 Å². The molecule has 0 N–H and O–H groups in total. The average Bonchev–Trinajstić information content (AvgIpc) is 3.46. The van der Waals surface area contributed by atoms with Gasteiger partial charge in [-0.2, -0.15) is 14.5 Å². The summed E-state index contributed by atoms with van der Waals surface area (Å²) in [6.45, 7) is 6.54. The van der Waals surface area contributed by atoms with Crippen molar-refractivity contribution in [2.45, 2.75) is 31.2 Å². The van der Waals surface area contributed by atoms with Crippen molar-refractivity contribution >= 4 is 20.9 Å². The molecule has 2 aromatic heterocycles. The molecule has 8 nitrogen and oxygen atoms in total. The lowest BCUT2D eigenvalue weighted by atomic mass is 9.96. The SMILES string of the molecule is CCCN1CCN(S(=O)(=O)c2cnn(C)c2)C[C@H]1c1cc2cnn(-c3ccc(F)cc3)c2cc1C. The first-order chi connectivity index (χ1) is 16.8. The highest BCUT2D eigenvalue weighted by Crippen LogP contribution is 2.33. The van der Waals surface area contributed by atoms with Crippen LogP contribution in [0.3, 0.4) is 0 Å². The van der Waals surface area contributed by atoms with Crippen LogP contribution in [0.15, 0.2) is 59.9 Å². The molecule has 0 unspecified atom stereocenters. The number of rotatable bonds is 6. The van der Waals surface area contributed by atoms with Crippen LogP contribution in [0.1, 0.15) is 30.5 Å². The van der Waals surface area contributed by atoms with Crippen LogP contribution in [0.25, 0.3) is 16.6 Å². The largest absolute Gasteiger partial charge is 0.294 e. The average molecular weight is 497 g/mol. The lowest BCUT2D eigenvalue weighted by Gasteiger charge is -2.41. The quantitative estimate of drug-likeness (QED) is 0.407. The van der Waals surface area contributed by atoms with Gasteiger partial charge in [0.1, 0.15) is 10.7 Å². The highest BCUT2D eigenvalue weighted by atomic mass is 32.2. The van der Waals surface area contributed by atoms with Gasteiger partial charge in [-0.15, -0.1) is 0 Å². The van der Waals surface area contributed by atoms with E-state index in [1.807, 2.05) is 0 Å². The van der Waals surface area contributed by atoms with Crippen LogP contribution in [0.2, 0.25) is 0 Å². The molecule has 0 spiro atoms. The molecule has 1 saturated heterocycles. The molecule has 1 aliphatic rings.